The van der Waals surface area contributed by atoms with Gasteiger partial charge < -0.3 is 9.94 Å². The van der Waals surface area contributed by atoms with Crippen LogP contribution in [0.2, 0.25) is 0 Å². The first-order valence-corrected chi connectivity index (χ1v) is 7.93. The molecule has 2 aromatic carbocycles. The van der Waals surface area contributed by atoms with Crippen LogP contribution >= 0.6 is 0 Å². The van der Waals surface area contributed by atoms with E-state index in [0.717, 1.165) is 11.8 Å². The Hall–Kier alpha value is -2.92. The Bertz CT molecular complexity index is 827. The molecule has 0 saturated carbocycles. The van der Waals surface area contributed by atoms with Crippen molar-refractivity contribution >= 4 is 12.0 Å². The van der Waals surface area contributed by atoms with E-state index in [4.69, 9.17) is 4.84 Å². The molecule has 1 aliphatic rings. The van der Waals surface area contributed by atoms with Gasteiger partial charge in [0.1, 0.15) is 11.6 Å². The number of hydroxylamine groups is 2. The quantitative estimate of drug-likeness (QED) is 0.664. The molecule has 25 heavy (non-hydrogen) atoms. The second-order valence-corrected chi connectivity index (χ2v) is 5.72. The second-order valence-electron chi connectivity index (χ2n) is 5.72. The van der Waals surface area contributed by atoms with Gasteiger partial charge in [0.15, 0.2) is 12.0 Å². The molecule has 128 valence electrons. The lowest BCUT2D eigenvalue weighted by Gasteiger charge is -2.21. The third-order valence-corrected chi connectivity index (χ3v) is 3.96. The van der Waals surface area contributed by atoms with Gasteiger partial charge in [-0.25, -0.2) is 4.39 Å². The molecule has 1 unspecified atom stereocenters. The van der Waals surface area contributed by atoms with Gasteiger partial charge >= 0.3 is 0 Å². The van der Waals surface area contributed by atoms with Crippen LogP contribution < -0.4 is 0 Å². The lowest BCUT2D eigenvalue weighted by Crippen LogP contribution is -2.29. The maximum absolute atomic E-state index is 13.6. The summed E-state index contributed by atoms with van der Waals surface area (Å²) in [5.41, 5.74) is 1.88. The normalized spacial score (nSPS) is 17.9. The highest BCUT2D eigenvalue weighted by Crippen LogP contribution is 2.34. The van der Waals surface area contributed by atoms with Gasteiger partial charge in [-0.2, -0.15) is 0 Å². The van der Waals surface area contributed by atoms with Gasteiger partial charge in [-0.05, 0) is 36.8 Å². The molecule has 1 N–H and O–H groups in total. The molecule has 0 radical (unpaired) electrons. The van der Waals surface area contributed by atoms with Crippen molar-refractivity contribution in [1.82, 2.24) is 5.06 Å². The Balaban J connectivity index is 1.94. The predicted molar refractivity (Wildman–Crippen MR) is 92.7 cm³/mol. The minimum atomic E-state index is -0.390. The number of phenols is 1. The highest BCUT2D eigenvalue weighted by Gasteiger charge is 2.34. The van der Waals surface area contributed by atoms with Gasteiger partial charge in [0, 0.05) is 5.56 Å². The monoisotopic (exact) mass is 339 g/mol. The highest BCUT2D eigenvalue weighted by molar-refractivity contribution is 5.89. The van der Waals surface area contributed by atoms with E-state index in [1.807, 2.05) is 19.1 Å². The van der Waals surface area contributed by atoms with E-state index in [9.17, 15) is 14.3 Å². The zero-order valence-corrected chi connectivity index (χ0v) is 13.7. The minimum absolute atomic E-state index is 0.184. The standard InChI is InChI=1S/C20H18FNO3/c1-2-4-19-18(13-23)20(15-5-3-6-16(21)11-15)25-22(19)12-14-7-9-17(24)10-8-14/h2-11,13,19,24H,12H2,1H3/b4-2+. The number of hydrogen-bond donors (Lipinski definition) is 1. The summed E-state index contributed by atoms with van der Waals surface area (Å²) < 4.78 is 13.6. The molecule has 4 nitrogen and oxygen atoms in total. The number of phenolic OH excluding ortho intramolecular Hbond substituents is 1. The SMILES string of the molecule is C/C=C/C1C(C=O)=C(c2cccc(F)c2)ON1Cc1ccc(O)cc1. The summed E-state index contributed by atoms with van der Waals surface area (Å²) in [7, 11) is 0. The predicted octanol–water partition coefficient (Wildman–Crippen LogP) is 3.83. The van der Waals surface area contributed by atoms with Gasteiger partial charge in [0.05, 0.1) is 18.2 Å². The summed E-state index contributed by atoms with van der Waals surface area (Å²) in [6, 6.07) is 12.4. The topological polar surface area (TPSA) is 49.8 Å². The fourth-order valence-electron chi connectivity index (χ4n) is 2.78. The summed E-state index contributed by atoms with van der Waals surface area (Å²) in [4.78, 5) is 17.6. The molecular weight excluding hydrogens is 321 g/mol. The molecule has 1 atom stereocenters. The molecule has 0 aromatic heterocycles. The summed E-state index contributed by atoms with van der Waals surface area (Å²) in [6.45, 7) is 2.27. The molecule has 0 aliphatic carbocycles. The third-order valence-electron chi connectivity index (χ3n) is 3.96. The number of nitrogens with zero attached hydrogens (tertiary/aromatic N) is 1. The summed E-state index contributed by atoms with van der Waals surface area (Å²) >= 11 is 0. The van der Waals surface area contributed by atoms with E-state index in [0.29, 0.717) is 23.4 Å². The van der Waals surface area contributed by atoms with Crippen molar-refractivity contribution in [1.29, 1.82) is 0 Å². The van der Waals surface area contributed by atoms with Gasteiger partial charge in [0.2, 0.25) is 0 Å². The van der Waals surface area contributed by atoms with E-state index in [-0.39, 0.29) is 11.8 Å². The number of hydrogen-bond acceptors (Lipinski definition) is 4. The number of benzene rings is 2. The Morgan fingerprint density at radius 3 is 2.64 bits per heavy atom. The maximum atomic E-state index is 13.6. The molecule has 0 amide bonds. The van der Waals surface area contributed by atoms with Crippen LogP contribution in [0, 0.1) is 5.82 Å². The summed E-state index contributed by atoms with van der Waals surface area (Å²) in [5, 5.41) is 11.1. The van der Waals surface area contributed by atoms with E-state index in [1.165, 1.54) is 12.1 Å². The van der Waals surface area contributed by atoms with Crippen molar-refractivity contribution in [2.24, 2.45) is 0 Å². The Morgan fingerprint density at radius 2 is 2.00 bits per heavy atom. The summed E-state index contributed by atoms with van der Waals surface area (Å²) in [6.07, 6.45) is 4.45. The number of carbonyl (C=O) groups is 1. The van der Waals surface area contributed by atoms with Crippen LogP contribution in [0.15, 0.2) is 66.3 Å². The Morgan fingerprint density at radius 1 is 1.24 bits per heavy atom. The number of halogens is 1. The minimum Gasteiger partial charge on any atom is -0.508 e. The van der Waals surface area contributed by atoms with Gasteiger partial charge in [-0.3, -0.25) is 4.79 Å². The molecule has 2 aromatic rings. The number of aldehydes is 1. The number of carbonyl (C=O) groups excluding carboxylic acids is 1. The largest absolute Gasteiger partial charge is 0.508 e. The second kappa shape index (κ2) is 7.32. The van der Waals surface area contributed by atoms with E-state index < -0.39 is 5.82 Å². The van der Waals surface area contributed by atoms with Crippen LogP contribution in [0.1, 0.15) is 18.1 Å². The number of allylic oxidation sites excluding steroid dienone is 1. The van der Waals surface area contributed by atoms with Gasteiger partial charge in [-0.1, -0.05) is 36.4 Å². The van der Waals surface area contributed by atoms with Gasteiger partial charge in [-0.15, -0.1) is 5.06 Å². The smallest absolute Gasteiger partial charge is 0.163 e. The highest BCUT2D eigenvalue weighted by atomic mass is 19.1. The van der Waals surface area contributed by atoms with E-state index >= 15 is 0 Å². The van der Waals surface area contributed by atoms with Crippen molar-refractivity contribution < 1.29 is 19.1 Å². The molecule has 0 bridgehead atoms. The lowest BCUT2D eigenvalue weighted by molar-refractivity contribution is -0.107. The molecule has 0 spiro atoms. The van der Waals surface area contributed by atoms with Crippen LogP contribution in [0.4, 0.5) is 4.39 Å². The first-order valence-electron chi connectivity index (χ1n) is 7.93. The van der Waals surface area contributed by atoms with Crippen LogP contribution in [-0.4, -0.2) is 22.5 Å². The van der Waals surface area contributed by atoms with Crippen molar-refractivity contribution in [2.75, 3.05) is 0 Å². The fourth-order valence-corrected chi connectivity index (χ4v) is 2.78. The van der Waals surface area contributed by atoms with Gasteiger partial charge in [0.25, 0.3) is 0 Å². The van der Waals surface area contributed by atoms with Crippen LogP contribution in [0.5, 0.6) is 5.75 Å². The lowest BCUT2D eigenvalue weighted by atomic mass is 10.0. The van der Waals surface area contributed by atoms with Crippen molar-refractivity contribution in [3.05, 3.63) is 83.2 Å². The van der Waals surface area contributed by atoms with E-state index in [1.54, 1.807) is 41.5 Å². The molecule has 1 heterocycles. The van der Waals surface area contributed by atoms with Crippen molar-refractivity contribution in [2.45, 2.75) is 19.5 Å². The van der Waals surface area contributed by atoms with Crippen LogP contribution in [0.25, 0.3) is 5.76 Å². The third kappa shape index (κ3) is 3.61. The molecule has 3 rings (SSSR count). The fraction of sp³-hybridized carbons (Fsp3) is 0.150. The van der Waals surface area contributed by atoms with E-state index in [2.05, 4.69) is 0 Å². The zero-order chi connectivity index (χ0) is 17.8. The first-order chi connectivity index (χ1) is 12.1. The van der Waals surface area contributed by atoms with Crippen molar-refractivity contribution in [3.8, 4) is 5.75 Å². The Labute approximate surface area is 145 Å². The zero-order valence-electron chi connectivity index (χ0n) is 13.7. The summed E-state index contributed by atoms with van der Waals surface area (Å²) in [5.74, 6) is 0.151. The average Bonchev–Trinajstić information content (AvgIpc) is 2.95. The van der Waals surface area contributed by atoms with Crippen LogP contribution in [-0.2, 0) is 16.2 Å². The molecular formula is C20H18FNO3. The molecule has 5 heteroatoms. The molecule has 0 fully saturated rings. The first kappa shape index (κ1) is 16.9. The number of rotatable bonds is 5. The van der Waals surface area contributed by atoms with Crippen molar-refractivity contribution in [3.63, 3.8) is 0 Å². The molecule has 1 aliphatic heterocycles. The van der Waals surface area contributed by atoms with Crippen LogP contribution in [0.3, 0.4) is 0 Å². The maximum Gasteiger partial charge on any atom is 0.163 e. The number of aromatic hydroxyl groups is 1. The Kier molecular flexibility index (Phi) is 4.95. The average molecular weight is 339 g/mol. The molecule has 0 saturated heterocycles.